The molecule has 1 fully saturated rings. The normalized spacial score (nSPS) is 17.2. The first-order valence-electron chi connectivity index (χ1n) is 6.93. The van der Waals surface area contributed by atoms with E-state index in [0.717, 1.165) is 25.7 Å². The molecule has 116 valence electrons. The van der Waals surface area contributed by atoms with Gasteiger partial charge in [-0.15, -0.1) is 0 Å². The molecule has 0 bridgehead atoms. The van der Waals surface area contributed by atoms with Crippen molar-refractivity contribution in [1.29, 1.82) is 0 Å². The van der Waals surface area contributed by atoms with Crippen molar-refractivity contribution in [1.82, 2.24) is 4.31 Å². The van der Waals surface area contributed by atoms with Crippen LogP contribution in [-0.2, 0) is 10.0 Å². The summed E-state index contributed by atoms with van der Waals surface area (Å²) in [7, 11) is -2.07. The molecule has 1 saturated heterocycles. The fourth-order valence-corrected chi connectivity index (χ4v) is 4.17. The smallest absolute Gasteiger partial charge is 0.271 e. The SMILES string of the molecule is CNc1cc([N+](=O)[O-])ccc1S(=O)(=O)N1CCCCCC1. The molecule has 0 unspecified atom stereocenters. The number of hydrogen-bond donors (Lipinski definition) is 1. The van der Waals surface area contributed by atoms with Gasteiger partial charge in [-0.1, -0.05) is 12.8 Å². The van der Waals surface area contributed by atoms with Gasteiger partial charge in [-0.05, 0) is 18.9 Å². The fraction of sp³-hybridized carbons (Fsp3) is 0.538. The first-order valence-corrected chi connectivity index (χ1v) is 8.37. The molecule has 21 heavy (non-hydrogen) atoms. The molecule has 8 heteroatoms. The fourth-order valence-electron chi connectivity index (χ4n) is 2.47. The van der Waals surface area contributed by atoms with Gasteiger partial charge in [0.15, 0.2) is 0 Å². The second-order valence-corrected chi connectivity index (χ2v) is 6.91. The number of nitro benzene ring substituents is 1. The van der Waals surface area contributed by atoms with Crippen LogP contribution in [0.3, 0.4) is 0 Å². The van der Waals surface area contributed by atoms with E-state index in [1.807, 2.05) is 0 Å². The van der Waals surface area contributed by atoms with E-state index >= 15 is 0 Å². The number of nitrogens with zero attached hydrogens (tertiary/aromatic N) is 2. The maximum atomic E-state index is 12.7. The zero-order valence-corrected chi connectivity index (χ0v) is 12.7. The maximum Gasteiger partial charge on any atom is 0.271 e. The molecule has 2 rings (SSSR count). The summed E-state index contributed by atoms with van der Waals surface area (Å²) in [5, 5.41) is 13.5. The highest BCUT2D eigenvalue weighted by Crippen LogP contribution is 2.29. The van der Waals surface area contributed by atoms with Crippen molar-refractivity contribution < 1.29 is 13.3 Å². The van der Waals surface area contributed by atoms with Crippen molar-refractivity contribution in [2.75, 3.05) is 25.5 Å². The first kappa shape index (κ1) is 15.7. The van der Waals surface area contributed by atoms with E-state index in [-0.39, 0.29) is 16.3 Å². The van der Waals surface area contributed by atoms with E-state index in [9.17, 15) is 18.5 Å². The van der Waals surface area contributed by atoms with E-state index in [1.54, 1.807) is 7.05 Å². The van der Waals surface area contributed by atoms with Crippen LogP contribution in [0.15, 0.2) is 23.1 Å². The van der Waals surface area contributed by atoms with Gasteiger partial charge in [-0.3, -0.25) is 10.1 Å². The van der Waals surface area contributed by atoms with Gasteiger partial charge >= 0.3 is 0 Å². The molecule has 1 aromatic carbocycles. The summed E-state index contributed by atoms with van der Waals surface area (Å²) in [6.07, 6.45) is 3.76. The number of nitrogens with one attached hydrogen (secondary N) is 1. The van der Waals surface area contributed by atoms with E-state index in [1.165, 1.54) is 22.5 Å². The van der Waals surface area contributed by atoms with Crippen LogP contribution in [0.2, 0.25) is 0 Å². The van der Waals surface area contributed by atoms with Crippen LogP contribution in [-0.4, -0.2) is 37.8 Å². The lowest BCUT2D eigenvalue weighted by atomic mass is 10.2. The average Bonchev–Trinajstić information content (AvgIpc) is 2.76. The summed E-state index contributed by atoms with van der Waals surface area (Å²) >= 11 is 0. The number of sulfonamides is 1. The van der Waals surface area contributed by atoms with Gasteiger partial charge < -0.3 is 5.32 Å². The zero-order valence-electron chi connectivity index (χ0n) is 11.9. The Morgan fingerprint density at radius 2 is 1.81 bits per heavy atom. The van der Waals surface area contributed by atoms with Gasteiger partial charge in [0.2, 0.25) is 10.0 Å². The molecule has 1 aliphatic heterocycles. The minimum Gasteiger partial charge on any atom is -0.387 e. The lowest BCUT2D eigenvalue weighted by molar-refractivity contribution is -0.384. The third kappa shape index (κ3) is 3.33. The molecule has 0 saturated carbocycles. The molecule has 0 spiro atoms. The molecule has 0 aliphatic carbocycles. The molecule has 1 aromatic rings. The Bertz CT molecular complexity index is 622. The highest BCUT2D eigenvalue weighted by Gasteiger charge is 2.28. The van der Waals surface area contributed by atoms with Gasteiger partial charge in [0.25, 0.3) is 5.69 Å². The summed E-state index contributed by atoms with van der Waals surface area (Å²) in [6.45, 7) is 1.00. The number of non-ortho nitro benzene ring substituents is 1. The summed E-state index contributed by atoms with van der Waals surface area (Å²) in [6, 6.07) is 3.79. The van der Waals surface area contributed by atoms with Crippen LogP contribution >= 0.6 is 0 Å². The molecule has 0 amide bonds. The molecular formula is C13H19N3O4S. The van der Waals surface area contributed by atoms with E-state index < -0.39 is 14.9 Å². The van der Waals surface area contributed by atoms with Gasteiger partial charge in [0.05, 0.1) is 10.6 Å². The molecular weight excluding hydrogens is 294 g/mol. The Morgan fingerprint density at radius 1 is 1.19 bits per heavy atom. The quantitative estimate of drug-likeness (QED) is 0.679. The monoisotopic (exact) mass is 313 g/mol. The third-order valence-electron chi connectivity index (χ3n) is 3.63. The average molecular weight is 313 g/mol. The summed E-state index contributed by atoms with van der Waals surface area (Å²) in [4.78, 5) is 10.4. The minimum atomic E-state index is -3.62. The van der Waals surface area contributed by atoms with Gasteiger partial charge in [-0.2, -0.15) is 4.31 Å². The molecule has 1 N–H and O–H groups in total. The van der Waals surface area contributed by atoms with E-state index in [0.29, 0.717) is 13.1 Å². The van der Waals surface area contributed by atoms with Crippen molar-refractivity contribution in [2.24, 2.45) is 0 Å². The predicted molar refractivity (Wildman–Crippen MR) is 79.9 cm³/mol. The zero-order chi connectivity index (χ0) is 15.5. The summed E-state index contributed by atoms with van der Waals surface area (Å²) in [5.41, 5.74) is 0.127. The number of anilines is 1. The van der Waals surface area contributed by atoms with E-state index in [4.69, 9.17) is 0 Å². The Kier molecular flexibility index (Phi) is 4.79. The van der Waals surface area contributed by atoms with Crippen LogP contribution in [0, 0.1) is 10.1 Å². The second kappa shape index (κ2) is 6.40. The molecule has 0 aromatic heterocycles. The van der Waals surface area contributed by atoms with Crippen molar-refractivity contribution in [3.8, 4) is 0 Å². The van der Waals surface area contributed by atoms with Crippen molar-refractivity contribution in [2.45, 2.75) is 30.6 Å². The molecule has 0 radical (unpaired) electrons. The molecule has 1 heterocycles. The Morgan fingerprint density at radius 3 is 2.33 bits per heavy atom. The molecule has 7 nitrogen and oxygen atoms in total. The Labute approximate surface area is 124 Å². The number of nitro groups is 1. The number of rotatable bonds is 4. The predicted octanol–water partition coefficient (Wildman–Crippen LogP) is 2.20. The van der Waals surface area contributed by atoms with Crippen molar-refractivity contribution >= 4 is 21.4 Å². The topological polar surface area (TPSA) is 92.5 Å². The van der Waals surface area contributed by atoms with Gasteiger partial charge in [-0.25, -0.2) is 8.42 Å². The largest absolute Gasteiger partial charge is 0.387 e. The maximum absolute atomic E-state index is 12.7. The Hall–Kier alpha value is -1.67. The second-order valence-electron chi connectivity index (χ2n) is 5.01. The van der Waals surface area contributed by atoms with Crippen molar-refractivity contribution in [3.05, 3.63) is 28.3 Å². The minimum absolute atomic E-state index is 0.0949. The summed E-state index contributed by atoms with van der Waals surface area (Å²) < 4.78 is 26.9. The summed E-state index contributed by atoms with van der Waals surface area (Å²) in [5.74, 6) is 0. The van der Waals surface area contributed by atoms with Gasteiger partial charge in [0.1, 0.15) is 4.90 Å². The Balaban J connectivity index is 2.41. The van der Waals surface area contributed by atoms with Crippen LogP contribution < -0.4 is 5.32 Å². The number of hydrogen-bond acceptors (Lipinski definition) is 5. The highest BCUT2D eigenvalue weighted by molar-refractivity contribution is 7.89. The van der Waals surface area contributed by atoms with Crippen molar-refractivity contribution in [3.63, 3.8) is 0 Å². The first-order chi connectivity index (χ1) is 9.96. The lowest BCUT2D eigenvalue weighted by Crippen LogP contribution is -2.32. The lowest BCUT2D eigenvalue weighted by Gasteiger charge is -2.21. The van der Waals surface area contributed by atoms with Crippen LogP contribution in [0.1, 0.15) is 25.7 Å². The molecule has 1 aliphatic rings. The van der Waals surface area contributed by atoms with E-state index in [2.05, 4.69) is 5.32 Å². The van der Waals surface area contributed by atoms with Crippen LogP contribution in [0.25, 0.3) is 0 Å². The standard InChI is InChI=1S/C13H19N3O4S/c1-14-12-10-11(16(17)18)6-7-13(12)21(19,20)15-8-4-2-3-5-9-15/h6-7,10,14H,2-5,8-9H2,1H3. The third-order valence-corrected chi connectivity index (χ3v) is 5.58. The number of benzene rings is 1. The van der Waals surface area contributed by atoms with Crippen LogP contribution in [0.5, 0.6) is 0 Å². The molecule has 0 atom stereocenters. The van der Waals surface area contributed by atoms with Gasteiger partial charge in [0, 0.05) is 32.3 Å². The highest BCUT2D eigenvalue weighted by atomic mass is 32.2. The van der Waals surface area contributed by atoms with Crippen LogP contribution in [0.4, 0.5) is 11.4 Å².